The summed E-state index contributed by atoms with van der Waals surface area (Å²) in [6, 6.07) is 1.70. The molecule has 1 heterocycles. The van der Waals surface area contributed by atoms with Gasteiger partial charge in [-0.2, -0.15) is 0 Å². The van der Waals surface area contributed by atoms with Crippen molar-refractivity contribution in [3.05, 3.63) is 23.5 Å². The Morgan fingerprint density at radius 3 is 2.70 bits per heavy atom. The molecule has 4 aliphatic carbocycles. The van der Waals surface area contributed by atoms with E-state index in [1.54, 1.807) is 18.5 Å². The summed E-state index contributed by atoms with van der Waals surface area (Å²) in [6.45, 7) is 0.161. The zero-order valence-electron chi connectivity index (χ0n) is 11.3. The van der Waals surface area contributed by atoms with Crippen molar-refractivity contribution >= 4 is 17.4 Å². The van der Waals surface area contributed by atoms with Gasteiger partial charge in [0.1, 0.15) is 12.4 Å². The molecule has 4 bridgehead atoms. The van der Waals surface area contributed by atoms with E-state index < -0.39 is 0 Å². The lowest BCUT2D eigenvalue weighted by atomic mass is 9.67. The Labute approximate surface area is 123 Å². The number of rotatable bonds is 4. The predicted molar refractivity (Wildman–Crippen MR) is 75.7 cm³/mol. The number of aromatic nitrogens is 1. The fraction of sp³-hybridized carbons (Fsp3) is 0.625. The van der Waals surface area contributed by atoms with E-state index in [1.165, 1.54) is 12.8 Å². The highest BCUT2D eigenvalue weighted by molar-refractivity contribution is 6.30. The first kappa shape index (κ1) is 12.6. The van der Waals surface area contributed by atoms with E-state index in [1.807, 2.05) is 0 Å². The van der Waals surface area contributed by atoms with Crippen LogP contribution in [0.1, 0.15) is 32.1 Å². The van der Waals surface area contributed by atoms with Crippen molar-refractivity contribution in [1.29, 1.82) is 0 Å². The maximum Gasteiger partial charge on any atom is 0.176 e. The Hall–Kier alpha value is -1.09. The van der Waals surface area contributed by atoms with Crippen molar-refractivity contribution in [3.8, 4) is 5.75 Å². The second-order valence-electron chi connectivity index (χ2n) is 6.80. The molecule has 4 fully saturated rings. The number of carbonyl (C=O) groups excluding carboxylic acids is 1. The number of nitrogens with zero attached hydrogens (tertiary/aromatic N) is 1. The molecule has 4 aliphatic rings. The molecule has 4 saturated carbocycles. The van der Waals surface area contributed by atoms with Crippen molar-refractivity contribution in [3.63, 3.8) is 0 Å². The molecule has 2 unspecified atom stereocenters. The first-order chi connectivity index (χ1) is 9.64. The Kier molecular flexibility index (Phi) is 2.81. The molecule has 0 spiro atoms. The number of pyridine rings is 1. The first-order valence-electron chi connectivity index (χ1n) is 7.41. The largest absolute Gasteiger partial charge is 0.484 e. The second-order valence-corrected chi connectivity index (χ2v) is 7.24. The minimum absolute atomic E-state index is 0.0670. The molecular weight excluding hydrogens is 274 g/mol. The molecule has 0 aromatic carbocycles. The third-order valence-electron chi connectivity index (χ3n) is 5.57. The second kappa shape index (κ2) is 4.45. The van der Waals surface area contributed by atoms with Crippen LogP contribution in [0.3, 0.4) is 0 Å². The van der Waals surface area contributed by atoms with Gasteiger partial charge in [0.15, 0.2) is 5.78 Å². The quantitative estimate of drug-likeness (QED) is 0.852. The van der Waals surface area contributed by atoms with Gasteiger partial charge in [0, 0.05) is 17.7 Å². The molecule has 20 heavy (non-hydrogen) atoms. The third-order valence-corrected chi connectivity index (χ3v) is 5.77. The SMILES string of the molecule is O=C(COc1cncc(Cl)c1)C12CC3CC(C1)C(C3)C2. The topological polar surface area (TPSA) is 39.2 Å². The van der Waals surface area contributed by atoms with E-state index in [-0.39, 0.29) is 17.8 Å². The van der Waals surface area contributed by atoms with Gasteiger partial charge in [-0.3, -0.25) is 9.78 Å². The number of hydrogen-bond acceptors (Lipinski definition) is 3. The molecule has 0 radical (unpaired) electrons. The van der Waals surface area contributed by atoms with E-state index in [2.05, 4.69) is 4.98 Å². The highest BCUT2D eigenvalue weighted by atomic mass is 35.5. The molecule has 1 aromatic rings. The number of ketones is 1. The lowest BCUT2D eigenvalue weighted by molar-refractivity contribution is -0.133. The lowest BCUT2D eigenvalue weighted by Gasteiger charge is -2.36. The maximum atomic E-state index is 12.6. The molecule has 2 atom stereocenters. The van der Waals surface area contributed by atoms with Gasteiger partial charge < -0.3 is 4.74 Å². The Morgan fingerprint density at radius 2 is 2.05 bits per heavy atom. The van der Waals surface area contributed by atoms with E-state index in [9.17, 15) is 4.79 Å². The van der Waals surface area contributed by atoms with Crippen LogP contribution in [0, 0.1) is 23.2 Å². The molecule has 4 heteroatoms. The van der Waals surface area contributed by atoms with Crippen LogP contribution in [0.15, 0.2) is 18.5 Å². The van der Waals surface area contributed by atoms with Crippen molar-refractivity contribution in [2.75, 3.05) is 6.61 Å². The molecule has 0 amide bonds. The molecule has 1 aromatic heterocycles. The fourth-order valence-electron chi connectivity index (χ4n) is 4.93. The number of halogens is 1. The van der Waals surface area contributed by atoms with Crippen LogP contribution in [-0.4, -0.2) is 17.4 Å². The summed E-state index contributed by atoms with van der Waals surface area (Å²) in [6.07, 6.45) is 9.18. The van der Waals surface area contributed by atoms with Crippen LogP contribution in [0.5, 0.6) is 5.75 Å². The molecule has 0 saturated heterocycles. The third kappa shape index (κ3) is 1.95. The Balaban J connectivity index is 1.44. The average Bonchev–Trinajstić information content (AvgIpc) is 2.84. The van der Waals surface area contributed by atoms with Crippen LogP contribution >= 0.6 is 11.6 Å². The summed E-state index contributed by atoms with van der Waals surface area (Å²) in [5.74, 6) is 3.28. The summed E-state index contributed by atoms with van der Waals surface area (Å²) in [4.78, 5) is 16.6. The Morgan fingerprint density at radius 1 is 1.30 bits per heavy atom. The van der Waals surface area contributed by atoms with E-state index >= 15 is 0 Å². The average molecular weight is 292 g/mol. The van der Waals surface area contributed by atoms with E-state index in [4.69, 9.17) is 16.3 Å². The summed E-state index contributed by atoms with van der Waals surface area (Å²) in [5, 5.41) is 0.535. The van der Waals surface area contributed by atoms with Gasteiger partial charge in [0.2, 0.25) is 0 Å². The molecule has 5 rings (SSSR count). The van der Waals surface area contributed by atoms with Crippen LogP contribution in [0.4, 0.5) is 0 Å². The van der Waals surface area contributed by atoms with Gasteiger partial charge in [-0.15, -0.1) is 0 Å². The lowest BCUT2D eigenvalue weighted by Crippen LogP contribution is -2.38. The van der Waals surface area contributed by atoms with Crippen molar-refractivity contribution in [2.24, 2.45) is 23.2 Å². The molecule has 0 N–H and O–H groups in total. The van der Waals surface area contributed by atoms with E-state index in [0.717, 1.165) is 37.0 Å². The minimum Gasteiger partial charge on any atom is -0.484 e. The van der Waals surface area contributed by atoms with Gasteiger partial charge in [0.05, 0.1) is 11.2 Å². The van der Waals surface area contributed by atoms with Crippen molar-refractivity contribution < 1.29 is 9.53 Å². The number of carbonyl (C=O) groups is 1. The van der Waals surface area contributed by atoms with Crippen LogP contribution in [-0.2, 0) is 4.79 Å². The number of Topliss-reactive ketones (excluding diaryl/α,β-unsaturated/α-hetero) is 1. The summed E-state index contributed by atoms with van der Waals surface area (Å²) < 4.78 is 5.60. The molecule has 3 nitrogen and oxygen atoms in total. The van der Waals surface area contributed by atoms with Gasteiger partial charge in [-0.25, -0.2) is 0 Å². The minimum atomic E-state index is -0.0670. The molecule has 0 aliphatic heterocycles. The highest BCUT2D eigenvalue weighted by Crippen LogP contribution is 2.64. The van der Waals surface area contributed by atoms with Gasteiger partial charge >= 0.3 is 0 Å². The predicted octanol–water partition coefficient (Wildman–Crippen LogP) is 3.51. The summed E-state index contributed by atoms with van der Waals surface area (Å²) >= 11 is 5.87. The van der Waals surface area contributed by atoms with Gasteiger partial charge in [-0.05, 0) is 49.9 Å². The smallest absolute Gasteiger partial charge is 0.176 e. The first-order valence-corrected chi connectivity index (χ1v) is 7.79. The number of hydrogen-bond donors (Lipinski definition) is 0. The van der Waals surface area contributed by atoms with E-state index in [0.29, 0.717) is 10.8 Å². The zero-order valence-corrected chi connectivity index (χ0v) is 12.1. The van der Waals surface area contributed by atoms with Gasteiger partial charge in [-0.1, -0.05) is 11.6 Å². The summed E-state index contributed by atoms with van der Waals surface area (Å²) in [7, 11) is 0. The summed E-state index contributed by atoms with van der Waals surface area (Å²) in [5.41, 5.74) is -0.0670. The molecular formula is C16H18ClNO2. The monoisotopic (exact) mass is 291 g/mol. The molecule has 106 valence electrons. The Bertz CT molecular complexity index is 540. The fourth-order valence-corrected chi connectivity index (χ4v) is 5.09. The van der Waals surface area contributed by atoms with Crippen LogP contribution in [0.25, 0.3) is 0 Å². The standard InChI is InChI=1S/C16H18ClNO2/c17-13-3-14(8-18-7-13)20-9-15(19)16-4-10-1-11(5-16)12(2-10)6-16/h3,7-8,10-12H,1-2,4-6,9H2. The highest BCUT2D eigenvalue weighted by Gasteiger charge is 2.58. The van der Waals surface area contributed by atoms with Crippen LogP contribution < -0.4 is 4.74 Å². The van der Waals surface area contributed by atoms with Crippen molar-refractivity contribution in [1.82, 2.24) is 4.98 Å². The van der Waals surface area contributed by atoms with Gasteiger partial charge in [0.25, 0.3) is 0 Å². The number of ether oxygens (including phenoxy) is 1. The zero-order chi connectivity index (χ0) is 13.7. The van der Waals surface area contributed by atoms with Crippen LogP contribution in [0.2, 0.25) is 5.02 Å². The normalized spacial score (nSPS) is 37.4. The maximum absolute atomic E-state index is 12.6. The van der Waals surface area contributed by atoms with Crippen molar-refractivity contribution in [2.45, 2.75) is 32.1 Å².